The third-order valence-corrected chi connectivity index (χ3v) is 6.08. The highest BCUT2D eigenvalue weighted by atomic mass is 32.2. The first-order chi connectivity index (χ1) is 13.0. The number of rotatable bonds is 8. The topological polar surface area (TPSA) is 75.3 Å². The molecule has 2 rings (SSSR count). The summed E-state index contributed by atoms with van der Waals surface area (Å²) >= 11 is 0. The standard InChI is InChI=1S/C22H30N2O3S/c1-16(2)18-8-6-11-21(14-18)24-28(26,27)13-12-22(4,5)19-9-7-10-20(15-19)23-17(3)25/h6-11,14-16,24H,12-13H2,1-5H3,(H,23,25). The Labute approximate surface area is 168 Å². The molecule has 0 radical (unpaired) electrons. The largest absolute Gasteiger partial charge is 0.326 e. The number of nitrogens with one attached hydrogen (secondary N) is 2. The minimum Gasteiger partial charge on any atom is -0.326 e. The van der Waals surface area contributed by atoms with Crippen LogP contribution in [0.5, 0.6) is 0 Å². The first kappa shape index (κ1) is 22.0. The van der Waals surface area contributed by atoms with Crippen LogP contribution in [0.25, 0.3) is 0 Å². The molecule has 6 heteroatoms. The fourth-order valence-corrected chi connectivity index (χ4v) is 4.31. The second kappa shape index (κ2) is 8.78. The van der Waals surface area contributed by atoms with Crippen molar-refractivity contribution < 1.29 is 13.2 Å². The lowest BCUT2D eigenvalue weighted by molar-refractivity contribution is -0.114. The SMILES string of the molecule is CC(=O)Nc1cccc(C(C)(C)CCS(=O)(=O)Nc2cccc(C(C)C)c2)c1. The number of anilines is 2. The lowest BCUT2D eigenvalue weighted by Gasteiger charge is -2.26. The van der Waals surface area contributed by atoms with Gasteiger partial charge >= 0.3 is 0 Å². The summed E-state index contributed by atoms with van der Waals surface area (Å²) in [7, 11) is -3.47. The van der Waals surface area contributed by atoms with Crippen molar-refractivity contribution in [3.8, 4) is 0 Å². The monoisotopic (exact) mass is 402 g/mol. The number of carbonyl (C=O) groups excluding carboxylic acids is 1. The van der Waals surface area contributed by atoms with Crippen LogP contribution >= 0.6 is 0 Å². The van der Waals surface area contributed by atoms with Crippen molar-refractivity contribution in [3.05, 3.63) is 59.7 Å². The van der Waals surface area contributed by atoms with E-state index in [0.29, 0.717) is 23.7 Å². The first-order valence-corrected chi connectivity index (χ1v) is 11.1. The molecule has 0 saturated carbocycles. The van der Waals surface area contributed by atoms with Gasteiger partial charge in [-0.25, -0.2) is 8.42 Å². The predicted molar refractivity (Wildman–Crippen MR) is 116 cm³/mol. The minimum atomic E-state index is -3.47. The number of hydrogen-bond acceptors (Lipinski definition) is 3. The summed E-state index contributed by atoms with van der Waals surface area (Å²) in [6.07, 6.45) is 0.454. The van der Waals surface area contributed by atoms with Crippen LogP contribution in [0.1, 0.15) is 58.1 Å². The van der Waals surface area contributed by atoms with Crippen molar-refractivity contribution >= 4 is 27.3 Å². The van der Waals surface area contributed by atoms with E-state index in [1.807, 2.05) is 56.3 Å². The van der Waals surface area contributed by atoms with Crippen LogP contribution in [0, 0.1) is 0 Å². The van der Waals surface area contributed by atoms with Gasteiger partial charge in [-0.3, -0.25) is 9.52 Å². The molecule has 0 aliphatic rings. The van der Waals surface area contributed by atoms with Gasteiger partial charge in [0.2, 0.25) is 15.9 Å². The summed E-state index contributed by atoms with van der Waals surface area (Å²) in [6, 6.07) is 15.0. The van der Waals surface area contributed by atoms with Gasteiger partial charge in [0.15, 0.2) is 0 Å². The lowest BCUT2D eigenvalue weighted by atomic mass is 9.82. The molecule has 0 aromatic heterocycles. The van der Waals surface area contributed by atoms with Gasteiger partial charge in [-0.05, 0) is 53.1 Å². The summed E-state index contributed by atoms with van der Waals surface area (Å²) in [6.45, 7) is 9.63. The second-order valence-electron chi connectivity index (χ2n) is 8.10. The molecule has 0 saturated heterocycles. The third-order valence-electron chi connectivity index (χ3n) is 4.79. The molecule has 152 valence electrons. The van der Waals surface area contributed by atoms with Crippen molar-refractivity contribution in [2.45, 2.75) is 52.4 Å². The van der Waals surface area contributed by atoms with Crippen LogP contribution in [0.2, 0.25) is 0 Å². The highest BCUT2D eigenvalue weighted by molar-refractivity contribution is 7.92. The number of sulfonamides is 1. The predicted octanol–water partition coefficient (Wildman–Crippen LogP) is 4.88. The maximum atomic E-state index is 12.6. The van der Waals surface area contributed by atoms with Gasteiger partial charge in [-0.15, -0.1) is 0 Å². The summed E-state index contributed by atoms with van der Waals surface area (Å²) < 4.78 is 27.9. The van der Waals surface area contributed by atoms with Crippen molar-refractivity contribution in [3.63, 3.8) is 0 Å². The van der Waals surface area contributed by atoms with E-state index in [1.54, 1.807) is 6.07 Å². The van der Waals surface area contributed by atoms with Crippen LogP contribution < -0.4 is 10.0 Å². The van der Waals surface area contributed by atoms with Gasteiger partial charge in [0.25, 0.3) is 0 Å². The number of hydrogen-bond donors (Lipinski definition) is 2. The fourth-order valence-electron chi connectivity index (χ4n) is 2.95. The van der Waals surface area contributed by atoms with E-state index in [1.165, 1.54) is 6.92 Å². The number of carbonyl (C=O) groups is 1. The van der Waals surface area contributed by atoms with Crippen LogP contribution in [-0.4, -0.2) is 20.1 Å². The molecule has 0 aliphatic heterocycles. The molecule has 28 heavy (non-hydrogen) atoms. The quantitative estimate of drug-likeness (QED) is 0.661. The van der Waals surface area contributed by atoms with Gasteiger partial charge < -0.3 is 5.32 Å². The van der Waals surface area contributed by atoms with Crippen LogP contribution in [0.4, 0.5) is 11.4 Å². The van der Waals surface area contributed by atoms with Gasteiger partial charge in [0.1, 0.15) is 0 Å². The average molecular weight is 403 g/mol. The Kier molecular flexibility index (Phi) is 6.88. The van der Waals surface area contributed by atoms with Crippen molar-refractivity contribution in [1.29, 1.82) is 0 Å². The molecule has 0 heterocycles. The molecule has 0 atom stereocenters. The Morgan fingerprint density at radius 2 is 1.68 bits per heavy atom. The highest BCUT2D eigenvalue weighted by Crippen LogP contribution is 2.30. The Balaban J connectivity index is 2.08. The summed E-state index contributed by atoms with van der Waals surface area (Å²) in [5.74, 6) is 0.209. The summed E-state index contributed by atoms with van der Waals surface area (Å²) in [5, 5.41) is 2.77. The molecule has 5 nitrogen and oxygen atoms in total. The molecule has 2 aromatic rings. The Morgan fingerprint density at radius 3 is 2.32 bits per heavy atom. The van der Waals surface area contributed by atoms with Crippen molar-refractivity contribution in [1.82, 2.24) is 0 Å². The zero-order chi connectivity index (χ0) is 20.9. The van der Waals surface area contributed by atoms with Crippen molar-refractivity contribution in [2.75, 3.05) is 15.8 Å². The second-order valence-corrected chi connectivity index (χ2v) is 9.94. The normalized spacial score (nSPS) is 12.1. The van der Waals surface area contributed by atoms with Gasteiger partial charge in [0, 0.05) is 18.3 Å². The zero-order valence-corrected chi connectivity index (χ0v) is 18.1. The van der Waals surface area contributed by atoms with E-state index >= 15 is 0 Å². The van der Waals surface area contributed by atoms with E-state index in [4.69, 9.17) is 0 Å². The van der Waals surface area contributed by atoms with E-state index < -0.39 is 10.0 Å². The van der Waals surface area contributed by atoms with Crippen LogP contribution in [0.3, 0.4) is 0 Å². The summed E-state index contributed by atoms with van der Waals surface area (Å²) in [5.41, 5.74) is 3.02. The van der Waals surface area contributed by atoms with Crippen molar-refractivity contribution in [2.24, 2.45) is 0 Å². The Bertz CT molecular complexity index is 934. The molecular formula is C22H30N2O3S. The number of amides is 1. The van der Waals surface area contributed by atoms with E-state index in [2.05, 4.69) is 23.9 Å². The molecule has 0 fully saturated rings. The van der Waals surface area contributed by atoms with Crippen LogP contribution in [0.15, 0.2) is 48.5 Å². The molecule has 0 unspecified atom stereocenters. The third kappa shape index (κ3) is 6.37. The smallest absolute Gasteiger partial charge is 0.232 e. The lowest BCUT2D eigenvalue weighted by Crippen LogP contribution is -2.25. The molecule has 0 spiro atoms. The molecule has 0 aliphatic carbocycles. The van der Waals surface area contributed by atoms with Gasteiger partial charge in [0.05, 0.1) is 5.75 Å². The molecule has 2 aromatic carbocycles. The van der Waals surface area contributed by atoms with E-state index in [9.17, 15) is 13.2 Å². The van der Waals surface area contributed by atoms with Gasteiger partial charge in [-0.2, -0.15) is 0 Å². The maximum absolute atomic E-state index is 12.6. The first-order valence-electron chi connectivity index (χ1n) is 9.47. The molecule has 1 amide bonds. The fraction of sp³-hybridized carbons (Fsp3) is 0.409. The molecule has 0 bridgehead atoms. The summed E-state index contributed by atoms with van der Waals surface area (Å²) in [4.78, 5) is 11.3. The zero-order valence-electron chi connectivity index (χ0n) is 17.2. The van der Waals surface area contributed by atoms with E-state index in [0.717, 1.165) is 11.1 Å². The number of benzene rings is 2. The Morgan fingerprint density at radius 1 is 1.04 bits per heavy atom. The van der Waals surface area contributed by atoms with E-state index in [-0.39, 0.29) is 17.1 Å². The Hall–Kier alpha value is -2.34. The molecule has 2 N–H and O–H groups in total. The highest BCUT2D eigenvalue weighted by Gasteiger charge is 2.24. The van der Waals surface area contributed by atoms with Crippen LogP contribution in [-0.2, 0) is 20.2 Å². The average Bonchev–Trinajstić information content (AvgIpc) is 2.60. The molecular weight excluding hydrogens is 372 g/mol. The van der Waals surface area contributed by atoms with Gasteiger partial charge in [-0.1, -0.05) is 52.0 Å². The maximum Gasteiger partial charge on any atom is 0.232 e. The minimum absolute atomic E-state index is 0.0102.